The number of hydrogen-bond acceptors (Lipinski definition) is 4. The Labute approximate surface area is 118 Å². The highest BCUT2D eigenvalue weighted by atomic mass is 16.5. The largest absolute Gasteiger partial charge is 0.550 e. The first-order valence-electron chi connectivity index (χ1n) is 6.72. The maximum atomic E-state index is 11.8. The fourth-order valence-electron chi connectivity index (χ4n) is 1.99. The molecular weight excluding hydrogens is 258 g/mol. The number of hydrogen-bond donors (Lipinski definition) is 1. The summed E-state index contributed by atoms with van der Waals surface area (Å²) in [6, 6.07) is 7.08. The van der Waals surface area contributed by atoms with Gasteiger partial charge >= 0.3 is 0 Å². The highest BCUT2D eigenvalue weighted by Crippen LogP contribution is 2.23. The number of methoxy groups -OCH3 is 1. The van der Waals surface area contributed by atoms with Gasteiger partial charge in [-0.15, -0.1) is 0 Å². The molecule has 20 heavy (non-hydrogen) atoms. The maximum absolute atomic E-state index is 11.8. The van der Waals surface area contributed by atoms with Crippen LogP contribution in [0, 0.1) is 5.92 Å². The van der Waals surface area contributed by atoms with Crippen molar-refractivity contribution >= 4 is 17.6 Å². The van der Waals surface area contributed by atoms with Crippen molar-refractivity contribution in [2.24, 2.45) is 5.92 Å². The fraction of sp³-hybridized carbons (Fsp3) is 0.467. The number of carboxylic acids is 1. The zero-order chi connectivity index (χ0) is 15.0. The molecule has 0 bridgehead atoms. The van der Waals surface area contributed by atoms with Gasteiger partial charge in [0.15, 0.2) is 0 Å². The average molecular weight is 278 g/mol. The Bertz CT molecular complexity index is 459. The minimum absolute atomic E-state index is 0.149. The first kappa shape index (κ1) is 16.0. The van der Waals surface area contributed by atoms with Crippen LogP contribution in [-0.4, -0.2) is 19.0 Å². The van der Waals surface area contributed by atoms with Gasteiger partial charge in [0.2, 0.25) is 5.91 Å². The van der Waals surface area contributed by atoms with Crippen molar-refractivity contribution in [1.29, 1.82) is 0 Å². The molecule has 110 valence electrons. The summed E-state index contributed by atoms with van der Waals surface area (Å²) in [5.41, 5.74) is 0.584. The van der Waals surface area contributed by atoms with Gasteiger partial charge in [-0.05, 0) is 30.9 Å². The summed E-state index contributed by atoms with van der Waals surface area (Å²) in [5.74, 6) is -1.30. The van der Waals surface area contributed by atoms with Gasteiger partial charge in [0.25, 0.3) is 0 Å². The molecule has 0 aliphatic rings. The molecule has 0 unspecified atom stereocenters. The summed E-state index contributed by atoms with van der Waals surface area (Å²) in [6.07, 6.45) is 1.73. The van der Waals surface area contributed by atoms with E-state index in [1.807, 2.05) is 13.0 Å². The second-order valence-corrected chi connectivity index (χ2v) is 4.59. The van der Waals surface area contributed by atoms with Crippen LogP contribution in [-0.2, 0) is 9.59 Å². The van der Waals surface area contributed by atoms with Crippen molar-refractivity contribution < 1.29 is 19.4 Å². The molecule has 0 aromatic heterocycles. The van der Waals surface area contributed by atoms with Crippen molar-refractivity contribution in [1.82, 2.24) is 0 Å². The molecule has 5 nitrogen and oxygen atoms in total. The third kappa shape index (κ3) is 4.91. The Morgan fingerprint density at radius 2 is 2.00 bits per heavy atom. The Morgan fingerprint density at radius 3 is 2.60 bits per heavy atom. The number of ether oxygens (including phenoxy) is 1. The minimum Gasteiger partial charge on any atom is -0.550 e. The van der Waals surface area contributed by atoms with Crippen LogP contribution >= 0.6 is 0 Å². The number of carboxylic acid groups (broad SMARTS) is 1. The van der Waals surface area contributed by atoms with E-state index >= 15 is 0 Å². The molecule has 1 aromatic carbocycles. The van der Waals surface area contributed by atoms with Crippen LogP contribution in [0.25, 0.3) is 0 Å². The number of benzene rings is 1. The van der Waals surface area contributed by atoms with Gasteiger partial charge in [0.05, 0.1) is 12.8 Å². The number of aliphatic carboxylic acids is 1. The van der Waals surface area contributed by atoms with E-state index in [1.165, 1.54) is 7.11 Å². The van der Waals surface area contributed by atoms with Gasteiger partial charge in [-0.25, -0.2) is 0 Å². The quantitative estimate of drug-likeness (QED) is 0.783. The standard InChI is InChI=1S/C15H21NO4/c1-3-6-11(15(18)19)9-10-14(17)16-12-7-4-5-8-13(12)20-2/h4-5,7-8,11H,3,6,9-10H2,1-2H3,(H,16,17)(H,18,19)/p-1/t11-/m0/s1. The molecule has 1 atom stereocenters. The molecule has 0 aliphatic heterocycles. The predicted molar refractivity (Wildman–Crippen MR) is 74.3 cm³/mol. The highest BCUT2D eigenvalue weighted by molar-refractivity contribution is 5.92. The lowest BCUT2D eigenvalue weighted by Gasteiger charge is -2.17. The van der Waals surface area contributed by atoms with E-state index in [4.69, 9.17) is 4.74 Å². The van der Waals surface area contributed by atoms with E-state index in [1.54, 1.807) is 18.2 Å². The summed E-state index contributed by atoms with van der Waals surface area (Å²) in [4.78, 5) is 22.7. The third-order valence-corrected chi connectivity index (χ3v) is 3.07. The zero-order valence-electron chi connectivity index (χ0n) is 11.8. The lowest BCUT2D eigenvalue weighted by atomic mass is 9.98. The molecule has 0 heterocycles. The van der Waals surface area contributed by atoms with Crippen LogP contribution in [0.2, 0.25) is 0 Å². The lowest BCUT2D eigenvalue weighted by Crippen LogP contribution is -2.32. The van der Waals surface area contributed by atoms with Crippen LogP contribution in [0.3, 0.4) is 0 Å². The SMILES string of the molecule is CCC[C@@H](CCC(=O)Nc1ccccc1OC)C(=O)[O-]. The molecule has 0 spiro atoms. The number of anilines is 1. The van der Waals surface area contributed by atoms with Crippen LogP contribution in [0.4, 0.5) is 5.69 Å². The third-order valence-electron chi connectivity index (χ3n) is 3.07. The van der Waals surface area contributed by atoms with Crippen molar-refractivity contribution in [2.45, 2.75) is 32.6 Å². The number of carbonyl (C=O) groups excluding carboxylic acids is 2. The van der Waals surface area contributed by atoms with Crippen LogP contribution in [0.1, 0.15) is 32.6 Å². The van der Waals surface area contributed by atoms with Crippen molar-refractivity contribution in [3.63, 3.8) is 0 Å². The summed E-state index contributed by atoms with van der Waals surface area (Å²) < 4.78 is 5.13. The minimum atomic E-state index is -1.09. The van der Waals surface area contributed by atoms with Gasteiger partial charge in [0.1, 0.15) is 5.75 Å². The lowest BCUT2D eigenvalue weighted by molar-refractivity contribution is -0.312. The van der Waals surface area contributed by atoms with Gasteiger partial charge in [-0.3, -0.25) is 4.79 Å². The molecule has 0 saturated heterocycles. The fourth-order valence-corrected chi connectivity index (χ4v) is 1.99. The van der Waals surface area contributed by atoms with Crippen molar-refractivity contribution in [3.05, 3.63) is 24.3 Å². The van der Waals surface area contributed by atoms with Crippen molar-refractivity contribution in [3.8, 4) is 5.75 Å². The van der Waals surface area contributed by atoms with Gasteiger partial charge < -0.3 is 20.0 Å². The van der Waals surface area contributed by atoms with E-state index < -0.39 is 11.9 Å². The average Bonchev–Trinajstić information content (AvgIpc) is 2.43. The number of nitrogens with one attached hydrogen (secondary N) is 1. The smallest absolute Gasteiger partial charge is 0.224 e. The van der Waals surface area contributed by atoms with E-state index in [2.05, 4.69) is 5.32 Å². The van der Waals surface area contributed by atoms with E-state index in [0.717, 1.165) is 6.42 Å². The first-order valence-corrected chi connectivity index (χ1v) is 6.72. The van der Waals surface area contributed by atoms with Gasteiger partial charge in [-0.1, -0.05) is 25.5 Å². The Morgan fingerprint density at radius 1 is 1.30 bits per heavy atom. The molecule has 1 amide bonds. The van der Waals surface area contributed by atoms with Crippen LogP contribution < -0.4 is 15.2 Å². The zero-order valence-corrected chi connectivity index (χ0v) is 11.8. The van der Waals surface area contributed by atoms with E-state index in [-0.39, 0.29) is 18.7 Å². The molecule has 0 radical (unpaired) electrons. The predicted octanol–water partition coefficient (Wildman–Crippen LogP) is 1.58. The Kier molecular flexibility index (Phi) is 6.56. The van der Waals surface area contributed by atoms with E-state index in [0.29, 0.717) is 17.9 Å². The van der Waals surface area contributed by atoms with E-state index in [9.17, 15) is 14.7 Å². The molecular formula is C15H20NO4-. The molecule has 1 rings (SSSR count). The van der Waals surface area contributed by atoms with Gasteiger partial charge in [0, 0.05) is 12.4 Å². The number of rotatable bonds is 8. The normalized spacial score (nSPS) is 11.7. The number of carbonyl (C=O) groups is 2. The Balaban J connectivity index is 2.53. The van der Waals surface area contributed by atoms with Crippen LogP contribution in [0.15, 0.2) is 24.3 Å². The molecule has 1 N–H and O–H groups in total. The van der Waals surface area contributed by atoms with Crippen molar-refractivity contribution in [2.75, 3.05) is 12.4 Å². The second-order valence-electron chi connectivity index (χ2n) is 4.59. The molecule has 0 saturated carbocycles. The molecule has 0 aliphatic carbocycles. The summed E-state index contributed by atoms with van der Waals surface area (Å²) in [6.45, 7) is 1.91. The Hall–Kier alpha value is -2.04. The number of para-hydroxylation sites is 2. The summed E-state index contributed by atoms with van der Waals surface area (Å²) in [5, 5.41) is 13.6. The second kappa shape index (κ2) is 8.19. The highest BCUT2D eigenvalue weighted by Gasteiger charge is 2.12. The van der Waals surface area contributed by atoms with Gasteiger partial charge in [-0.2, -0.15) is 0 Å². The molecule has 5 heteroatoms. The molecule has 1 aromatic rings. The molecule has 0 fully saturated rings. The van der Waals surface area contributed by atoms with Crippen LogP contribution in [0.5, 0.6) is 5.75 Å². The summed E-state index contributed by atoms with van der Waals surface area (Å²) >= 11 is 0. The number of amides is 1. The topological polar surface area (TPSA) is 78.5 Å². The maximum Gasteiger partial charge on any atom is 0.224 e. The monoisotopic (exact) mass is 278 g/mol. The first-order chi connectivity index (χ1) is 9.58. The summed E-state index contributed by atoms with van der Waals surface area (Å²) in [7, 11) is 1.53.